The summed E-state index contributed by atoms with van der Waals surface area (Å²) in [5.74, 6) is 0.980. The van der Waals surface area contributed by atoms with Crippen molar-refractivity contribution in [3.05, 3.63) is 64.6 Å². The molecule has 4 rings (SSSR count). The van der Waals surface area contributed by atoms with Crippen LogP contribution in [-0.2, 0) is 17.9 Å². The van der Waals surface area contributed by atoms with Crippen LogP contribution in [0.15, 0.2) is 36.4 Å². The molecule has 2 heterocycles. The first-order chi connectivity index (χ1) is 14.9. The Labute approximate surface area is 185 Å². The summed E-state index contributed by atoms with van der Waals surface area (Å²) < 4.78 is 7.61. The summed E-state index contributed by atoms with van der Waals surface area (Å²) in [5, 5.41) is 4.42. The fourth-order valence-electron chi connectivity index (χ4n) is 3.74. The first-order valence-electron chi connectivity index (χ1n) is 10.3. The van der Waals surface area contributed by atoms with Crippen molar-refractivity contribution in [1.29, 1.82) is 0 Å². The number of anilines is 1. The number of ether oxygens (including phenoxy) is 1. The lowest BCUT2D eigenvalue weighted by atomic mass is 10.1. The Kier molecular flexibility index (Phi) is 5.78. The standard InChI is InChI=1S/C24H26N4O2S/c1-6-28-17(5)26-20-12-18(8-10-21(20)28)13-30-24(29)27-22-16(4)25-23(31-22)19-9-7-14(2)11-15(19)3/h7-12H,6,13H2,1-5H3,(H,27,29). The van der Waals surface area contributed by atoms with Crippen LogP contribution >= 0.6 is 11.3 Å². The van der Waals surface area contributed by atoms with E-state index >= 15 is 0 Å². The number of fused-ring (bicyclic) bond motifs is 1. The van der Waals surface area contributed by atoms with E-state index in [4.69, 9.17) is 4.74 Å². The van der Waals surface area contributed by atoms with Gasteiger partial charge >= 0.3 is 6.09 Å². The van der Waals surface area contributed by atoms with Crippen LogP contribution in [0.25, 0.3) is 21.6 Å². The highest BCUT2D eigenvalue weighted by Crippen LogP contribution is 2.34. The molecule has 1 N–H and O–H groups in total. The van der Waals surface area contributed by atoms with Gasteiger partial charge in [0.2, 0.25) is 0 Å². The molecule has 0 saturated carbocycles. The van der Waals surface area contributed by atoms with Gasteiger partial charge in [0.1, 0.15) is 22.4 Å². The Hall–Kier alpha value is -3.19. The molecule has 160 valence electrons. The van der Waals surface area contributed by atoms with E-state index in [0.717, 1.165) is 45.2 Å². The molecular formula is C24H26N4O2S. The number of hydrogen-bond acceptors (Lipinski definition) is 5. The monoisotopic (exact) mass is 434 g/mol. The van der Waals surface area contributed by atoms with Crippen molar-refractivity contribution in [3.63, 3.8) is 0 Å². The molecule has 0 bridgehead atoms. The maximum Gasteiger partial charge on any atom is 0.412 e. The zero-order chi connectivity index (χ0) is 22.1. The van der Waals surface area contributed by atoms with Gasteiger partial charge in [-0.05, 0) is 57.9 Å². The van der Waals surface area contributed by atoms with E-state index in [9.17, 15) is 4.79 Å². The minimum absolute atomic E-state index is 0.182. The third-order valence-corrected chi connectivity index (χ3v) is 6.42. The highest BCUT2D eigenvalue weighted by Gasteiger charge is 2.15. The van der Waals surface area contributed by atoms with Crippen LogP contribution in [0.2, 0.25) is 0 Å². The third-order valence-electron chi connectivity index (χ3n) is 5.31. The van der Waals surface area contributed by atoms with Crippen LogP contribution in [0.1, 0.15) is 35.1 Å². The number of carbonyl (C=O) groups excluding carboxylic acids is 1. The van der Waals surface area contributed by atoms with E-state index in [1.54, 1.807) is 0 Å². The lowest BCUT2D eigenvalue weighted by Crippen LogP contribution is -2.13. The van der Waals surface area contributed by atoms with Crippen molar-refractivity contribution in [2.24, 2.45) is 0 Å². The highest BCUT2D eigenvalue weighted by molar-refractivity contribution is 7.19. The molecule has 0 aliphatic carbocycles. The average molecular weight is 435 g/mol. The summed E-state index contributed by atoms with van der Waals surface area (Å²) in [6.45, 7) is 11.2. The minimum atomic E-state index is -0.491. The van der Waals surface area contributed by atoms with E-state index in [0.29, 0.717) is 5.00 Å². The van der Waals surface area contributed by atoms with Crippen LogP contribution in [0.5, 0.6) is 0 Å². The van der Waals surface area contributed by atoms with Crippen molar-refractivity contribution < 1.29 is 9.53 Å². The van der Waals surface area contributed by atoms with Crippen molar-refractivity contribution >= 4 is 33.5 Å². The number of benzene rings is 2. The molecule has 0 aliphatic heterocycles. The van der Waals surface area contributed by atoms with Gasteiger partial charge in [0, 0.05) is 12.1 Å². The van der Waals surface area contributed by atoms with Gasteiger partial charge in [0.25, 0.3) is 0 Å². The summed E-state index contributed by atoms with van der Waals surface area (Å²) >= 11 is 1.46. The molecular weight excluding hydrogens is 408 g/mol. The number of hydrogen-bond donors (Lipinski definition) is 1. The number of imidazole rings is 1. The zero-order valence-electron chi connectivity index (χ0n) is 18.4. The van der Waals surface area contributed by atoms with E-state index < -0.39 is 6.09 Å². The Morgan fingerprint density at radius 3 is 2.65 bits per heavy atom. The van der Waals surface area contributed by atoms with Crippen molar-refractivity contribution in [3.8, 4) is 10.6 Å². The van der Waals surface area contributed by atoms with Gasteiger partial charge in [-0.2, -0.15) is 0 Å². The van der Waals surface area contributed by atoms with Gasteiger partial charge in [0.05, 0.1) is 16.7 Å². The second-order valence-electron chi connectivity index (χ2n) is 7.68. The minimum Gasteiger partial charge on any atom is -0.444 e. The van der Waals surface area contributed by atoms with Gasteiger partial charge in [-0.25, -0.2) is 14.8 Å². The molecule has 2 aromatic carbocycles. The number of aromatic nitrogens is 3. The molecule has 0 aliphatic rings. The molecule has 0 fully saturated rings. The van der Waals surface area contributed by atoms with Crippen molar-refractivity contribution in [1.82, 2.24) is 14.5 Å². The number of amides is 1. The topological polar surface area (TPSA) is 69.0 Å². The molecule has 0 unspecified atom stereocenters. The molecule has 31 heavy (non-hydrogen) atoms. The normalized spacial score (nSPS) is 11.1. The number of thiazole rings is 1. The van der Waals surface area contributed by atoms with E-state index in [-0.39, 0.29) is 6.61 Å². The van der Waals surface area contributed by atoms with E-state index in [2.05, 4.69) is 58.8 Å². The number of nitrogens with zero attached hydrogens (tertiary/aromatic N) is 3. The molecule has 0 atom stereocenters. The third kappa shape index (κ3) is 4.32. The Balaban J connectivity index is 1.43. The maximum absolute atomic E-state index is 12.4. The summed E-state index contributed by atoms with van der Waals surface area (Å²) in [4.78, 5) is 21.6. The first-order valence-corrected chi connectivity index (χ1v) is 11.1. The van der Waals surface area contributed by atoms with Crippen molar-refractivity contribution in [2.45, 2.75) is 47.8 Å². The van der Waals surface area contributed by atoms with Gasteiger partial charge in [-0.15, -0.1) is 0 Å². The first kappa shape index (κ1) is 21.1. The largest absolute Gasteiger partial charge is 0.444 e. The predicted octanol–water partition coefficient (Wildman–Crippen LogP) is 6.16. The van der Waals surface area contributed by atoms with Crippen LogP contribution in [0.3, 0.4) is 0 Å². The van der Waals surface area contributed by atoms with Crippen LogP contribution in [0.4, 0.5) is 9.80 Å². The number of carbonyl (C=O) groups is 1. The molecule has 7 heteroatoms. The summed E-state index contributed by atoms with van der Waals surface area (Å²) in [7, 11) is 0. The second kappa shape index (κ2) is 8.51. The number of nitrogens with one attached hydrogen (secondary N) is 1. The summed E-state index contributed by atoms with van der Waals surface area (Å²) in [5.41, 5.74) is 7.14. The molecule has 0 spiro atoms. The zero-order valence-corrected chi connectivity index (χ0v) is 19.3. The highest BCUT2D eigenvalue weighted by atomic mass is 32.1. The fraction of sp³-hybridized carbons (Fsp3) is 0.292. The van der Waals surface area contributed by atoms with Gasteiger partial charge < -0.3 is 9.30 Å². The van der Waals surface area contributed by atoms with Crippen LogP contribution in [-0.4, -0.2) is 20.6 Å². The SMILES string of the molecule is CCn1c(C)nc2cc(COC(=O)Nc3sc(-c4ccc(C)cc4C)nc3C)ccc21. The lowest BCUT2D eigenvalue weighted by molar-refractivity contribution is 0.155. The quantitative estimate of drug-likeness (QED) is 0.408. The fourth-order valence-corrected chi connectivity index (χ4v) is 4.79. The molecule has 0 saturated heterocycles. The Morgan fingerprint density at radius 2 is 1.90 bits per heavy atom. The Bertz CT molecular complexity index is 1270. The summed E-state index contributed by atoms with van der Waals surface area (Å²) in [6.07, 6.45) is -0.491. The number of rotatable bonds is 5. The van der Waals surface area contributed by atoms with Crippen LogP contribution in [0, 0.1) is 27.7 Å². The van der Waals surface area contributed by atoms with Crippen molar-refractivity contribution in [2.75, 3.05) is 5.32 Å². The molecule has 2 aromatic heterocycles. The molecule has 0 radical (unpaired) electrons. The van der Waals surface area contributed by atoms with E-state index in [1.165, 1.54) is 22.5 Å². The summed E-state index contributed by atoms with van der Waals surface area (Å²) in [6, 6.07) is 12.2. The van der Waals surface area contributed by atoms with Gasteiger partial charge in [0.15, 0.2) is 0 Å². The van der Waals surface area contributed by atoms with Crippen LogP contribution < -0.4 is 5.32 Å². The van der Waals surface area contributed by atoms with Gasteiger partial charge in [-0.3, -0.25) is 5.32 Å². The van der Waals surface area contributed by atoms with Gasteiger partial charge in [-0.1, -0.05) is 41.2 Å². The smallest absolute Gasteiger partial charge is 0.412 e. The maximum atomic E-state index is 12.4. The molecule has 1 amide bonds. The Morgan fingerprint density at radius 1 is 1.10 bits per heavy atom. The lowest BCUT2D eigenvalue weighted by Gasteiger charge is -2.07. The molecule has 4 aromatic rings. The second-order valence-corrected chi connectivity index (χ2v) is 8.68. The number of aryl methyl sites for hydroxylation is 5. The predicted molar refractivity (Wildman–Crippen MR) is 126 cm³/mol. The molecule has 6 nitrogen and oxygen atoms in total. The average Bonchev–Trinajstić information content (AvgIpc) is 3.24. The van der Waals surface area contributed by atoms with E-state index in [1.807, 2.05) is 32.0 Å².